The van der Waals surface area contributed by atoms with Crippen LogP contribution in [0.5, 0.6) is 0 Å². The highest BCUT2D eigenvalue weighted by Gasteiger charge is 2.39. The van der Waals surface area contributed by atoms with E-state index in [1.807, 2.05) is 18.2 Å². The molecule has 8 nitrogen and oxygen atoms in total. The van der Waals surface area contributed by atoms with Crippen LogP contribution < -0.4 is 0 Å². The number of carbonyl (C=O) groups is 2. The van der Waals surface area contributed by atoms with E-state index in [0.717, 1.165) is 44.4 Å². The standard InChI is InChI=1S/C38H68O8/c1-4-5-15-21-31(40)25-26-34-33(35(41)27-36(34)42)22-17-13-14-18-23-37(43)45-29-32(28-39)46-38(44)24-19-12-10-8-6-7-9-11-16-20-30(2)3/h13,17,25-26,30-36,39-42H,4-12,14-16,18-24,27-29H2,1-3H3/b17-13+,26-25+/t31-,32-,33+,34+,35-,36+/m0/s1. The summed E-state index contributed by atoms with van der Waals surface area (Å²) in [5.41, 5.74) is 0. The maximum absolute atomic E-state index is 12.2. The number of rotatable bonds is 28. The van der Waals surface area contributed by atoms with Crippen LogP contribution in [0.3, 0.4) is 0 Å². The molecule has 8 heteroatoms. The lowest BCUT2D eigenvalue weighted by Crippen LogP contribution is -2.28. The average Bonchev–Trinajstić information content (AvgIpc) is 3.29. The molecule has 1 aliphatic carbocycles. The summed E-state index contributed by atoms with van der Waals surface area (Å²) in [6.07, 6.45) is 23.4. The zero-order valence-electron chi connectivity index (χ0n) is 29.3. The minimum Gasteiger partial charge on any atom is -0.462 e. The first-order chi connectivity index (χ1) is 22.2. The van der Waals surface area contributed by atoms with Crippen molar-refractivity contribution < 1.29 is 39.5 Å². The first-order valence-corrected chi connectivity index (χ1v) is 18.5. The Morgan fingerprint density at radius 2 is 1.43 bits per heavy atom. The van der Waals surface area contributed by atoms with Gasteiger partial charge in [-0.05, 0) is 43.9 Å². The number of allylic oxidation sites excluding steroid dienone is 2. The number of carbonyl (C=O) groups excluding carboxylic acids is 2. The van der Waals surface area contributed by atoms with Crippen molar-refractivity contribution in [2.75, 3.05) is 13.2 Å². The molecule has 268 valence electrons. The lowest BCUT2D eigenvalue weighted by atomic mass is 9.89. The minimum atomic E-state index is -0.848. The van der Waals surface area contributed by atoms with Crippen molar-refractivity contribution >= 4 is 11.9 Å². The van der Waals surface area contributed by atoms with Crippen molar-refractivity contribution in [2.24, 2.45) is 17.8 Å². The molecule has 46 heavy (non-hydrogen) atoms. The third-order valence-electron chi connectivity index (χ3n) is 9.00. The molecule has 1 rings (SSSR count). The molecule has 1 aliphatic rings. The van der Waals surface area contributed by atoms with E-state index >= 15 is 0 Å². The predicted octanol–water partition coefficient (Wildman–Crippen LogP) is 7.35. The smallest absolute Gasteiger partial charge is 0.306 e. The van der Waals surface area contributed by atoms with Gasteiger partial charge >= 0.3 is 11.9 Å². The zero-order chi connectivity index (χ0) is 34.0. The summed E-state index contributed by atoms with van der Waals surface area (Å²) in [5.74, 6) is -0.294. The van der Waals surface area contributed by atoms with Crippen molar-refractivity contribution in [3.8, 4) is 0 Å². The number of hydrogen-bond acceptors (Lipinski definition) is 8. The van der Waals surface area contributed by atoms with Crippen LogP contribution in [-0.4, -0.2) is 70.0 Å². The predicted molar refractivity (Wildman–Crippen MR) is 184 cm³/mol. The lowest BCUT2D eigenvalue weighted by molar-refractivity contribution is -0.161. The van der Waals surface area contributed by atoms with Gasteiger partial charge in [0.05, 0.1) is 24.9 Å². The van der Waals surface area contributed by atoms with E-state index in [1.165, 1.54) is 44.9 Å². The molecule has 1 fully saturated rings. The molecule has 0 aliphatic heterocycles. The van der Waals surface area contributed by atoms with Crippen LogP contribution in [0.15, 0.2) is 24.3 Å². The Hall–Kier alpha value is -1.74. The van der Waals surface area contributed by atoms with Crippen LogP contribution in [0.4, 0.5) is 0 Å². The number of esters is 2. The number of unbranched alkanes of at least 4 members (excludes halogenated alkanes) is 11. The van der Waals surface area contributed by atoms with Crippen LogP contribution in [0.2, 0.25) is 0 Å². The highest BCUT2D eigenvalue weighted by Crippen LogP contribution is 2.36. The number of ether oxygens (including phenoxy) is 2. The van der Waals surface area contributed by atoms with Crippen molar-refractivity contribution in [2.45, 2.75) is 174 Å². The van der Waals surface area contributed by atoms with Crippen LogP contribution in [0, 0.1) is 17.8 Å². The quantitative estimate of drug-likeness (QED) is 0.0392. The average molecular weight is 653 g/mol. The molecule has 0 aromatic rings. The van der Waals surface area contributed by atoms with E-state index < -0.39 is 37.0 Å². The molecular formula is C38H68O8. The van der Waals surface area contributed by atoms with Crippen LogP contribution in [0.25, 0.3) is 0 Å². The van der Waals surface area contributed by atoms with Crippen LogP contribution in [-0.2, 0) is 19.1 Å². The molecule has 0 aromatic heterocycles. The van der Waals surface area contributed by atoms with Gasteiger partial charge in [-0.2, -0.15) is 0 Å². The number of aliphatic hydroxyl groups excluding tert-OH is 4. The lowest BCUT2D eigenvalue weighted by Gasteiger charge is -2.19. The molecule has 4 N–H and O–H groups in total. The largest absolute Gasteiger partial charge is 0.462 e. The highest BCUT2D eigenvalue weighted by atomic mass is 16.6. The summed E-state index contributed by atoms with van der Waals surface area (Å²) in [7, 11) is 0. The third-order valence-corrected chi connectivity index (χ3v) is 9.00. The SMILES string of the molecule is CCCCC[C@H](O)/C=C/[C@@H]1[C@@H](C/C=C/CCCC(=O)OC[C@H](CO)OC(=O)CCCCCCCCCCCC(C)C)[C@@H](O)C[C@H]1O. The fraction of sp³-hybridized carbons (Fsp3) is 0.842. The Morgan fingerprint density at radius 3 is 2.09 bits per heavy atom. The first-order valence-electron chi connectivity index (χ1n) is 18.5. The van der Waals surface area contributed by atoms with E-state index in [1.54, 1.807) is 6.08 Å². The molecule has 0 heterocycles. The van der Waals surface area contributed by atoms with Gasteiger partial charge in [0.2, 0.25) is 0 Å². The Morgan fingerprint density at radius 1 is 0.804 bits per heavy atom. The van der Waals surface area contributed by atoms with E-state index in [9.17, 15) is 30.0 Å². The fourth-order valence-electron chi connectivity index (χ4n) is 6.08. The maximum Gasteiger partial charge on any atom is 0.306 e. The Kier molecular flexibility index (Phi) is 25.0. The number of hydrogen-bond donors (Lipinski definition) is 4. The second-order valence-corrected chi connectivity index (χ2v) is 13.8. The molecule has 0 saturated heterocycles. The van der Waals surface area contributed by atoms with E-state index in [2.05, 4.69) is 20.8 Å². The zero-order valence-corrected chi connectivity index (χ0v) is 29.3. The van der Waals surface area contributed by atoms with Gasteiger partial charge in [-0.15, -0.1) is 0 Å². The molecule has 0 aromatic carbocycles. The van der Waals surface area contributed by atoms with Crippen LogP contribution in [0.1, 0.15) is 149 Å². The highest BCUT2D eigenvalue weighted by molar-refractivity contribution is 5.70. The summed E-state index contributed by atoms with van der Waals surface area (Å²) in [5, 5.41) is 40.6. The number of aliphatic hydroxyl groups is 4. The van der Waals surface area contributed by atoms with Crippen molar-refractivity contribution in [3.63, 3.8) is 0 Å². The van der Waals surface area contributed by atoms with Gasteiger partial charge in [0.15, 0.2) is 6.10 Å². The minimum absolute atomic E-state index is 0.118. The Bertz CT molecular complexity index is 826. The first kappa shape index (κ1) is 42.3. The van der Waals surface area contributed by atoms with E-state index in [-0.39, 0.29) is 30.8 Å². The molecular weight excluding hydrogens is 584 g/mol. The summed E-state index contributed by atoms with van der Waals surface area (Å²) in [6.45, 7) is 6.12. The second-order valence-electron chi connectivity index (χ2n) is 13.8. The van der Waals surface area contributed by atoms with Gasteiger partial charge in [0.25, 0.3) is 0 Å². The summed E-state index contributed by atoms with van der Waals surface area (Å²) >= 11 is 0. The summed E-state index contributed by atoms with van der Waals surface area (Å²) in [4.78, 5) is 24.3. The van der Waals surface area contributed by atoms with Gasteiger partial charge in [-0.3, -0.25) is 9.59 Å². The molecule has 0 unspecified atom stereocenters. The van der Waals surface area contributed by atoms with E-state index in [4.69, 9.17) is 9.47 Å². The molecule has 0 spiro atoms. The molecule has 6 atom stereocenters. The topological polar surface area (TPSA) is 134 Å². The van der Waals surface area contributed by atoms with E-state index in [0.29, 0.717) is 38.5 Å². The van der Waals surface area contributed by atoms with Crippen molar-refractivity contribution in [3.05, 3.63) is 24.3 Å². The third kappa shape index (κ3) is 21.2. The van der Waals surface area contributed by atoms with Gasteiger partial charge < -0.3 is 29.9 Å². The Labute approximate surface area is 280 Å². The van der Waals surface area contributed by atoms with Crippen molar-refractivity contribution in [1.29, 1.82) is 0 Å². The van der Waals surface area contributed by atoms with Crippen molar-refractivity contribution in [1.82, 2.24) is 0 Å². The van der Waals surface area contributed by atoms with Gasteiger partial charge in [-0.25, -0.2) is 0 Å². The molecule has 0 bridgehead atoms. The fourth-order valence-corrected chi connectivity index (χ4v) is 6.08. The van der Waals surface area contributed by atoms with Crippen LogP contribution >= 0.6 is 0 Å². The van der Waals surface area contributed by atoms with Gasteiger partial charge in [0.1, 0.15) is 6.61 Å². The second kappa shape index (κ2) is 27.2. The molecule has 0 amide bonds. The normalized spacial score (nSPS) is 21.4. The molecule has 0 radical (unpaired) electrons. The molecule has 1 saturated carbocycles. The summed E-state index contributed by atoms with van der Waals surface area (Å²) < 4.78 is 10.5. The monoisotopic (exact) mass is 652 g/mol. The Balaban J connectivity index is 2.17. The summed E-state index contributed by atoms with van der Waals surface area (Å²) in [6, 6.07) is 0. The maximum atomic E-state index is 12.2. The van der Waals surface area contributed by atoms with Gasteiger partial charge in [0, 0.05) is 25.2 Å². The van der Waals surface area contributed by atoms with Gasteiger partial charge in [-0.1, -0.05) is 122 Å².